The molecule has 1 fully saturated rings. The Morgan fingerprint density at radius 1 is 0.629 bits per heavy atom. The monoisotopic (exact) mass is 454 g/mol. The molecule has 2 aliphatic carbocycles. The molecule has 4 aromatic rings. The van der Waals surface area contributed by atoms with E-state index in [9.17, 15) is 0 Å². The highest BCUT2D eigenvalue weighted by Crippen LogP contribution is 2.58. The number of benzene rings is 4. The second-order valence-electron chi connectivity index (χ2n) is 10.5. The smallest absolute Gasteiger partial charge is 0.178 e. The van der Waals surface area contributed by atoms with Crippen LogP contribution in [0.25, 0.3) is 17.2 Å². The number of rotatable bonds is 1. The van der Waals surface area contributed by atoms with Gasteiger partial charge in [-0.05, 0) is 72.2 Å². The lowest BCUT2D eigenvalue weighted by Gasteiger charge is -2.48. The van der Waals surface area contributed by atoms with E-state index in [0.717, 1.165) is 5.75 Å². The molecule has 1 aliphatic heterocycles. The first kappa shape index (κ1) is 20.8. The van der Waals surface area contributed by atoms with Crippen molar-refractivity contribution in [2.45, 2.75) is 50.5 Å². The molecule has 1 nitrogen and oxygen atoms in total. The van der Waals surface area contributed by atoms with E-state index >= 15 is 0 Å². The summed E-state index contributed by atoms with van der Waals surface area (Å²) in [6, 6.07) is 31.1. The van der Waals surface area contributed by atoms with Gasteiger partial charge < -0.3 is 4.74 Å². The van der Waals surface area contributed by atoms with Crippen molar-refractivity contribution in [2.75, 3.05) is 0 Å². The maximum Gasteiger partial charge on any atom is 0.178 e. The quantitative estimate of drug-likeness (QED) is 0.280. The first-order valence-electron chi connectivity index (χ1n) is 12.9. The van der Waals surface area contributed by atoms with Crippen LogP contribution >= 0.6 is 0 Å². The maximum absolute atomic E-state index is 7.13. The van der Waals surface area contributed by atoms with E-state index in [1.54, 1.807) is 0 Å². The van der Waals surface area contributed by atoms with Crippen molar-refractivity contribution in [3.63, 3.8) is 0 Å². The first-order chi connectivity index (χ1) is 17.1. The van der Waals surface area contributed by atoms with Crippen LogP contribution in [0, 0.1) is 13.8 Å². The molecule has 0 bridgehead atoms. The van der Waals surface area contributed by atoms with Gasteiger partial charge in [0, 0.05) is 22.1 Å². The van der Waals surface area contributed by atoms with E-state index < -0.39 is 5.60 Å². The van der Waals surface area contributed by atoms with Gasteiger partial charge in [-0.3, -0.25) is 0 Å². The van der Waals surface area contributed by atoms with Crippen LogP contribution in [-0.4, -0.2) is 0 Å². The minimum absolute atomic E-state index is 0.112. The lowest BCUT2D eigenvalue weighted by molar-refractivity contribution is 0.150. The number of hydrogen-bond acceptors (Lipinski definition) is 1. The van der Waals surface area contributed by atoms with Crippen LogP contribution in [0.4, 0.5) is 0 Å². The van der Waals surface area contributed by atoms with E-state index in [1.165, 1.54) is 75.8 Å². The Bertz CT molecular complexity index is 1450. The molecule has 1 heteroatoms. The molecular formula is C34H30O. The Morgan fingerprint density at radius 3 is 1.89 bits per heavy atom. The first-order valence-corrected chi connectivity index (χ1v) is 12.9. The third-order valence-electron chi connectivity index (χ3n) is 8.81. The van der Waals surface area contributed by atoms with Gasteiger partial charge in [0.2, 0.25) is 0 Å². The SMILES string of the molecule is Cc1ccccc1-c1ccc2c(c1C)C=CC1(O2)c2ccccc2C2(CCCC2)c2ccccc21. The Hall–Kier alpha value is -3.58. The van der Waals surface area contributed by atoms with Crippen molar-refractivity contribution < 1.29 is 4.74 Å². The highest BCUT2D eigenvalue weighted by atomic mass is 16.5. The van der Waals surface area contributed by atoms with Crippen LogP contribution in [0.15, 0.2) is 91.0 Å². The highest BCUT2D eigenvalue weighted by molar-refractivity contribution is 5.79. The number of ether oxygens (including phenoxy) is 1. The van der Waals surface area contributed by atoms with Gasteiger partial charge >= 0.3 is 0 Å². The molecular weight excluding hydrogens is 424 g/mol. The zero-order valence-corrected chi connectivity index (χ0v) is 20.5. The van der Waals surface area contributed by atoms with Gasteiger partial charge in [-0.25, -0.2) is 0 Å². The molecule has 0 radical (unpaired) electrons. The average molecular weight is 455 g/mol. The molecule has 0 atom stereocenters. The second-order valence-corrected chi connectivity index (χ2v) is 10.5. The minimum Gasteiger partial charge on any atom is -0.473 e. The van der Waals surface area contributed by atoms with Crippen LogP contribution in [0.2, 0.25) is 0 Å². The van der Waals surface area contributed by atoms with Crippen molar-refractivity contribution in [1.82, 2.24) is 0 Å². The fraction of sp³-hybridized carbons (Fsp3) is 0.235. The Kier molecular flexibility index (Phi) is 4.42. The van der Waals surface area contributed by atoms with Crippen molar-refractivity contribution in [3.05, 3.63) is 130 Å². The standard InChI is InChI=1S/C34H30O/c1-23-11-3-4-12-25(23)26-17-18-32-27(24(26)2)19-22-34(35-32)30-15-7-5-13-28(30)33(20-9-10-21-33)29-14-6-8-16-31(29)34/h3-8,11-19,22H,9-10,20-21H2,1-2H3. The van der Waals surface area contributed by atoms with Gasteiger partial charge in [0.05, 0.1) is 0 Å². The minimum atomic E-state index is -0.593. The van der Waals surface area contributed by atoms with Crippen LogP contribution in [-0.2, 0) is 11.0 Å². The highest BCUT2D eigenvalue weighted by Gasteiger charge is 2.52. The number of fused-ring (bicyclic) bond motifs is 7. The molecule has 1 heterocycles. The molecule has 4 aromatic carbocycles. The summed E-state index contributed by atoms with van der Waals surface area (Å²) in [5, 5.41) is 0. The fourth-order valence-electron chi connectivity index (χ4n) is 7.12. The molecule has 0 N–H and O–H groups in total. The summed E-state index contributed by atoms with van der Waals surface area (Å²) in [6.45, 7) is 4.41. The second kappa shape index (κ2) is 7.46. The molecule has 2 spiro atoms. The van der Waals surface area contributed by atoms with Gasteiger partial charge in [0.15, 0.2) is 5.60 Å². The summed E-state index contributed by atoms with van der Waals surface area (Å²) in [5.74, 6) is 0.967. The van der Waals surface area contributed by atoms with Crippen molar-refractivity contribution in [2.24, 2.45) is 0 Å². The largest absolute Gasteiger partial charge is 0.473 e. The van der Waals surface area contributed by atoms with Crippen molar-refractivity contribution in [3.8, 4) is 16.9 Å². The predicted octanol–water partition coefficient (Wildman–Crippen LogP) is 8.49. The van der Waals surface area contributed by atoms with Gasteiger partial charge in [0.1, 0.15) is 5.75 Å². The predicted molar refractivity (Wildman–Crippen MR) is 144 cm³/mol. The van der Waals surface area contributed by atoms with Crippen LogP contribution in [0.3, 0.4) is 0 Å². The van der Waals surface area contributed by atoms with E-state index in [0.29, 0.717) is 0 Å². The van der Waals surface area contributed by atoms with Gasteiger partial charge in [0.25, 0.3) is 0 Å². The maximum atomic E-state index is 7.13. The summed E-state index contributed by atoms with van der Waals surface area (Å²) in [4.78, 5) is 0. The molecule has 0 saturated heterocycles. The summed E-state index contributed by atoms with van der Waals surface area (Å²) < 4.78 is 7.13. The van der Waals surface area contributed by atoms with E-state index in [1.807, 2.05) is 0 Å². The zero-order valence-electron chi connectivity index (χ0n) is 20.5. The lowest BCUT2D eigenvalue weighted by Crippen LogP contribution is -2.44. The Morgan fingerprint density at radius 2 is 1.23 bits per heavy atom. The Labute approximate surface area is 208 Å². The van der Waals surface area contributed by atoms with Crippen LogP contribution < -0.4 is 4.74 Å². The zero-order chi connectivity index (χ0) is 23.6. The van der Waals surface area contributed by atoms with E-state index in [4.69, 9.17) is 4.74 Å². The number of hydrogen-bond donors (Lipinski definition) is 0. The fourth-order valence-corrected chi connectivity index (χ4v) is 7.12. The van der Waals surface area contributed by atoms with E-state index in [2.05, 4.69) is 111 Å². The molecule has 3 aliphatic rings. The lowest BCUT2D eigenvalue weighted by atomic mass is 9.60. The van der Waals surface area contributed by atoms with Gasteiger partial charge in [-0.1, -0.05) is 97.8 Å². The molecule has 0 amide bonds. The molecule has 0 aromatic heterocycles. The van der Waals surface area contributed by atoms with Crippen LogP contribution in [0.5, 0.6) is 5.75 Å². The van der Waals surface area contributed by atoms with Gasteiger partial charge in [-0.15, -0.1) is 0 Å². The summed E-state index contributed by atoms with van der Waals surface area (Å²) in [5.41, 5.74) is 11.4. The van der Waals surface area contributed by atoms with Crippen molar-refractivity contribution >= 4 is 6.08 Å². The van der Waals surface area contributed by atoms with Crippen molar-refractivity contribution in [1.29, 1.82) is 0 Å². The third-order valence-corrected chi connectivity index (χ3v) is 8.81. The molecule has 7 rings (SSSR count). The van der Waals surface area contributed by atoms with E-state index in [-0.39, 0.29) is 5.41 Å². The summed E-state index contributed by atoms with van der Waals surface area (Å²) in [7, 11) is 0. The van der Waals surface area contributed by atoms with Crippen LogP contribution in [0.1, 0.15) is 64.6 Å². The summed E-state index contributed by atoms with van der Waals surface area (Å²) >= 11 is 0. The van der Waals surface area contributed by atoms with Gasteiger partial charge in [-0.2, -0.15) is 0 Å². The number of aryl methyl sites for hydroxylation is 1. The summed E-state index contributed by atoms with van der Waals surface area (Å²) in [6.07, 6.45) is 9.65. The Balaban J connectivity index is 1.44. The molecule has 35 heavy (non-hydrogen) atoms. The topological polar surface area (TPSA) is 9.23 Å². The third kappa shape index (κ3) is 2.76. The molecule has 0 unspecified atom stereocenters. The average Bonchev–Trinajstić information content (AvgIpc) is 3.40. The molecule has 1 saturated carbocycles. The normalized spacial score (nSPS) is 18.1. The molecule has 172 valence electrons.